The van der Waals surface area contributed by atoms with E-state index in [2.05, 4.69) is 10.4 Å². The lowest BCUT2D eigenvalue weighted by atomic mass is 10.2. The molecule has 0 fully saturated rings. The van der Waals surface area contributed by atoms with Crippen molar-refractivity contribution < 1.29 is 4.79 Å². The summed E-state index contributed by atoms with van der Waals surface area (Å²) in [7, 11) is 1.88. The van der Waals surface area contributed by atoms with Gasteiger partial charge >= 0.3 is 0 Å². The van der Waals surface area contributed by atoms with E-state index in [1.54, 1.807) is 4.68 Å². The Kier molecular flexibility index (Phi) is 3.68. The lowest BCUT2D eigenvalue weighted by Gasteiger charge is -2.02. The van der Waals surface area contributed by atoms with Gasteiger partial charge in [-0.05, 0) is 13.3 Å². The van der Waals surface area contributed by atoms with E-state index in [1.165, 1.54) is 0 Å². The van der Waals surface area contributed by atoms with Gasteiger partial charge in [-0.15, -0.1) is 0 Å². The molecule has 14 heavy (non-hydrogen) atoms. The second kappa shape index (κ2) is 4.79. The highest BCUT2D eigenvalue weighted by atomic mass is 16.1. The van der Waals surface area contributed by atoms with Gasteiger partial charge < -0.3 is 5.32 Å². The molecule has 0 bridgehead atoms. The van der Waals surface area contributed by atoms with Gasteiger partial charge in [0.1, 0.15) is 0 Å². The van der Waals surface area contributed by atoms with Crippen LogP contribution in [-0.2, 0) is 18.4 Å². The molecule has 1 amide bonds. The van der Waals surface area contributed by atoms with Crippen LogP contribution >= 0.6 is 0 Å². The van der Waals surface area contributed by atoms with Gasteiger partial charge in [-0.25, -0.2) is 0 Å². The zero-order valence-electron chi connectivity index (χ0n) is 9.00. The van der Waals surface area contributed by atoms with Crippen LogP contribution in [0, 0.1) is 6.92 Å². The van der Waals surface area contributed by atoms with E-state index in [9.17, 15) is 4.79 Å². The Balaban J connectivity index is 2.45. The molecule has 1 aromatic rings. The molecule has 0 aliphatic rings. The molecule has 1 heterocycles. The van der Waals surface area contributed by atoms with E-state index in [0.29, 0.717) is 13.0 Å². The number of nitrogens with zero attached hydrogens (tertiary/aromatic N) is 2. The number of rotatable bonds is 4. The molecule has 0 atom stereocenters. The average Bonchev–Trinajstić information content (AvgIpc) is 2.42. The topological polar surface area (TPSA) is 46.9 Å². The van der Waals surface area contributed by atoms with Crippen molar-refractivity contribution in [2.45, 2.75) is 33.2 Å². The number of aryl methyl sites for hydroxylation is 2. The zero-order chi connectivity index (χ0) is 10.6. The van der Waals surface area contributed by atoms with Crippen molar-refractivity contribution in [1.82, 2.24) is 15.1 Å². The Morgan fingerprint density at radius 1 is 1.64 bits per heavy atom. The second-order valence-corrected chi connectivity index (χ2v) is 3.44. The van der Waals surface area contributed by atoms with Gasteiger partial charge in [0, 0.05) is 31.8 Å². The Morgan fingerprint density at radius 2 is 2.36 bits per heavy atom. The quantitative estimate of drug-likeness (QED) is 0.783. The van der Waals surface area contributed by atoms with E-state index in [1.807, 2.05) is 27.1 Å². The summed E-state index contributed by atoms with van der Waals surface area (Å²) in [6.07, 6.45) is 3.42. The Labute approximate surface area is 84.3 Å². The number of carbonyl (C=O) groups excluding carboxylic acids is 1. The molecule has 0 saturated carbocycles. The van der Waals surface area contributed by atoms with Crippen molar-refractivity contribution in [2.24, 2.45) is 7.05 Å². The van der Waals surface area contributed by atoms with Gasteiger partial charge in [-0.1, -0.05) is 6.92 Å². The first kappa shape index (κ1) is 10.8. The third-order valence-corrected chi connectivity index (χ3v) is 2.07. The summed E-state index contributed by atoms with van der Waals surface area (Å²) in [4.78, 5) is 11.2. The van der Waals surface area contributed by atoms with Crippen molar-refractivity contribution in [3.8, 4) is 0 Å². The summed E-state index contributed by atoms with van der Waals surface area (Å²) in [6, 6.07) is 0. The van der Waals surface area contributed by atoms with Crippen molar-refractivity contribution in [3.05, 3.63) is 17.5 Å². The highest BCUT2D eigenvalue weighted by molar-refractivity contribution is 5.75. The van der Waals surface area contributed by atoms with Crippen LogP contribution in [0.2, 0.25) is 0 Å². The normalized spacial score (nSPS) is 10.2. The smallest absolute Gasteiger partial charge is 0.220 e. The molecule has 0 spiro atoms. The van der Waals surface area contributed by atoms with Crippen LogP contribution in [0.1, 0.15) is 31.0 Å². The molecule has 1 aromatic heterocycles. The van der Waals surface area contributed by atoms with Crippen LogP contribution in [-0.4, -0.2) is 15.7 Å². The maximum absolute atomic E-state index is 11.2. The fraction of sp³-hybridized carbons (Fsp3) is 0.600. The molecule has 1 rings (SSSR count). The number of amides is 1. The third-order valence-electron chi connectivity index (χ3n) is 2.07. The Morgan fingerprint density at radius 3 is 2.86 bits per heavy atom. The van der Waals surface area contributed by atoms with Gasteiger partial charge in [0.15, 0.2) is 0 Å². The van der Waals surface area contributed by atoms with Crippen LogP contribution in [0.4, 0.5) is 0 Å². The monoisotopic (exact) mass is 195 g/mol. The lowest BCUT2D eigenvalue weighted by molar-refractivity contribution is -0.121. The summed E-state index contributed by atoms with van der Waals surface area (Å²) in [6.45, 7) is 4.52. The van der Waals surface area contributed by atoms with E-state index in [-0.39, 0.29) is 5.91 Å². The number of carbonyl (C=O) groups is 1. The maximum Gasteiger partial charge on any atom is 0.220 e. The van der Waals surface area contributed by atoms with Crippen LogP contribution in [0.5, 0.6) is 0 Å². The highest BCUT2D eigenvalue weighted by Crippen LogP contribution is 2.03. The largest absolute Gasteiger partial charge is 0.352 e. The number of aromatic nitrogens is 2. The van der Waals surface area contributed by atoms with Gasteiger partial charge in [0.25, 0.3) is 0 Å². The molecule has 0 aliphatic carbocycles. The first-order chi connectivity index (χ1) is 6.63. The molecule has 1 N–H and O–H groups in total. The van der Waals surface area contributed by atoms with E-state index in [4.69, 9.17) is 0 Å². The van der Waals surface area contributed by atoms with Gasteiger partial charge in [0.2, 0.25) is 5.91 Å². The summed E-state index contributed by atoms with van der Waals surface area (Å²) in [5.74, 6) is 0.107. The molecule has 4 nitrogen and oxygen atoms in total. The molecular weight excluding hydrogens is 178 g/mol. The summed E-state index contributed by atoms with van der Waals surface area (Å²) >= 11 is 0. The van der Waals surface area contributed by atoms with Gasteiger partial charge in [-0.3, -0.25) is 9.48 Å². The van der Waals surface area contributed by atoms with Crippen molar-refractivity contribution in [3.63, 3.8) is 0 Å². The fourth-order valence-electron chi connectivity index (χ4n) is 1.33. The minimum atomic E-state index is 0.107. The number of hydrogen-bond acceptors (Lipinski definition) is 2. The summed E-state index contributed by atoms with van der Waals surface area (Å²) in [5.41, 5.74) is 2.06. The molecule has 0 radical (unpaired) electrons. The van der Waals surface area contributed by atoms with E-state index < -0.39 is 0 Å². The maximum atomic E-state index is 11.2. The molecule has 0 unspecified atom stereocenters. The van der Waals surface area contributed by atoms with Crippen LogP contribution in [0.3, 0.4) is 0 Å². The van der Waals surface area contributed by atoms with Crippen LogP contribution in [0.15, 0.2) is 6.20 Å². The molecule has 78 valence electrons. The summed E-state index contributed by atoms with van der Waals surface area (Å²) in [5, 5.41) is 7.06. The first-order valence-corrected chi connectivity index (χ1v) is 4.89. The Bertz CT molecular complexity index is 317. The number of nitrogens with one attached hydrogen (secondary N) is 1. The lowest BCUT2D eigenvalue weighted by Crippen LogP contribution is -2.22. The molecule has 4 heteroatoms. The molecule has 0 saturated heterocycles. The summed E-state index contributed by atoms with van der Waals surface area (Å²) < 4.78 is 1.76. The van der Waals surface area contributed by atoms with Crippen molar-refractivity contribution in [2.75, 3.05) is 0 Å². The van der Waals surface area contributed by atoms with E-state index >= 15 is 0 Å². The van der Waals surface area contributed by atoms with Crippen molar-refractivity contribution in [1.29, 1.82) is 0 Å². The van der Waals surface area contributed by atoms with Gasteiger partial charge in [0.05, 0.1) is 5.69 Å². The average molecular weight is 195 g/mol. The van der Waals surface area contributed by atoms with Gasteiger partial charge in [-0.2, -0.15) is 5.10 Å². The molecular formula is C10H17N3O. The van der Waals surface area contributed by atoms with Crippen LogP contribution < -0.4 is 5.32 Å². The predicted molar refractivity (Wildman–Crippen MR) is 54.7 cm³/mol. The molecule has 0 aliphatic heterocycles. The second-order valence-electron chi connectivity index (χ2n) is 3.44. The zero-order valence-corrected chi connectivity index (χ0v) is 9.00. The first-order valence-electron chi connectivity index (χ1n) is 4.89. The molecule has 0 aromatic carbocycles. The SMILES string of the molecule is CCCC(=O)NCc1cn(C)nc1C. The standard InChI is InChI=1S/C10H17N3O/c1-4-5-10(14)11-6-9-7-13(3)12-8(9)2/h7H,4-6H2,1-3H3,(H,11,14). The Hall–Kier alpha value is -1.32. The number of hydrogen-bond donors (Lipinski definition) is 1. The fourth-order valence-corrected chi connectivity index (χ4v) is 1.33. The third kappa shape index (κ3) is 2.87. The van der Waals surface area contributed by atoms with Crippen LogP contribution in [0.25, 0.3) is 0 Å². The highest BCUT2D eigenvalue weighted by Gasteiger charge is 2.04. The van der Waals surface area contributed by atoms with E-state index in [0.717, 1.165) is 17.7 Å². The predicted octanol–water partition coefficient (Wildman–Crippen LogP) is 1.14. The minimum absolute atomic E-state index is 0.107. The van der Waals surface area contributed by atoms with Crippen molar-refractivity contribution >= 4 is 5.91 Å². The minimum Gasteiger partial charge on any atom is -0.352 e.